The summed E-state index contributed by atoms with van der Waals surface area (Å²) in [6.07, 6.45) is 1.07. The van der Waals surface area contributed by atoms with Gasteiger partial charge >= 0.3 is 5.97 Å². The number of hydrogen-bond acceptors (Lipinski definition) is 3. The smallest absolute Gasteiger partial charge is 0.338 e. The molecule has 4 nitrogen and oxygen atoms in total. The van der Waals surface area contributed by atoms with Gasteiger partial charge in [0.05, 0.1) is 12.2 Å². The first kappa shape index (κ1) is 17.8. The molecule has 2 heterocycles. The summed E-state index contributed by atoms with van der Waals surface area (Å²) >= 11 is 0. The Morgan fingerprint density at radius 2 is 1.93 bits per heavy atom. The zero-order chi connectivity index (χ0) is 19.0. The van der Waals surface area contributed by atoms with Gasteiger partial charge in [-0.15, -0.1) is 0 Å². The van der Waals surface area contributed by atoms with E-state index >= 15 is 0 Å². The molecule has 1 aliphatic rings. The third kappa shape index (κ3) is 3.37. The SMILES string of the molecule is CCOC(=O)c1ccc(Cn2c3c(c4cc(C)ccc42)CN(C)CC3)cc1. The molecule has 0 saturated heterocycles. The second-order valence-corrected chi connectivity index (χ2v) is 7.44. The van der Waals surface area contributed by atoms with Crippen molar-refractivity contribution in [2.75, 3.05) is 20.2 Å². The second-order valence-electron chi connectivity index (χ2n) is 7.44. The minimum atomic E-state index is -0.258. The highest BCUT2D eigenvalue weighted by atomic mass is 16.5. The first-order valence-electron chi connectivity index (χ1n) is 9.62. The van der Waals surface area contributed by atoms with Crippen molar-refractivity contribution in [1.82, 2.24) is 9.47 Å². The van der Waals surface area contributed by atoms with E-state index < -0.39 is 0 Å². The van der Waals surface area contributed by atoms with E-state index in [0.717, 1.165) is 26.1 Å². The van der Waals surface area contributed by atoms with Gasteiger partial charge in [0.15, 0.2) is 0 Å². The summed E-state index contributed by atoms with van der Waals surface area (Å²) in [5.74, 6) is -0.258. The van der Waals surface area contributed by atoms with Crippen molar-refractivity contribution < 1.29 is 9.53 Å². The fraction of sp³-hybridized carbons (Fsp3) is 0.348. The maximum atomic E-state index is 11.9. The number of hydrogen-bond donors (Lipinski definition) is 0. The fourth-order valence-corrected chi connectivity index (χ4v) is 4.02. The number of aromatic nitrogens is 1. The standard InChI is InChI=1S/C23H26N2O2/c1-4-27-23(26)18-8-6-17(7-9-18)14-25-21-10-5-16(2)13-19(21)20-15-24(3)12-11-22(20)25/h5-10,13H,4,11-12,14-15H2,1-3H3. The molecule has 3 aromatic rings. The molecule has 0 fully saturated rings. The van der Waals surface area contributed by atoms with Crippen LogP contribution in [0.15, 0.2) is 42.5 Å². The molecule has 0 amide bonds. The zero-order valence-electron chi connectivity index (χ0n) is 16.3. The molecule has 4 rings (SSSR count). The predicted octanol–water partition coefficient (Wildman–Crippen LogP) is 4.16. The summed E-state index contributed by atoms with van der Waals surface area (Å²) in [5, 5.41) is 1.37. The van der Waals surface area contributed by atoms with Gasteiger partial charge in [0.2, 0.25) is 0 Å². The number of rotatable bonds is 4. The van der Waals surface area contributed by atoms with Gasteiger partial charge in [-0.25, -0.2) is 4.79 Å². The van der Waals surface area contributed by atoms with E-state index in [0.29, 0.717) is 12.2 Å². The molecule has 0 N–H and O–H groups in total. The van der Waals surface area contributed by atoms with Gasteiger partial charge < -0.3 is 14.2 Å². The topological polar surface area (TPSA) is 34.5 Å². The summed E-state index contributed by atoms with van der Waals surface area (Å²) in [4.78, 5) is 14.3. The second kappa shape index (κ2) is 7.20. The van der Waals surface area contributed by atoms with Crippen molar-refractivity contribution in [3.05, 3.63) is 70.4 Å². The lowest BCUT2D eigenvalue weighted by molar-refractivity contribution is 0.0526. The van der Waals surface area contributed by atoms with Crippen LogP contribution in [0.4, 0.5) is 0 Å². The summed E-state index contributed by atoms with van der Waals surface area (Å²) in [6.45, 7) is 7.29. The Balaban J connectivity index is 1.71. The van der Waals surface area contributed by atoms with Crippen molar-refractivity contribution in [3.63, 3.8) is 0 Å². The molecule has 0 aliphatic carbocycles. The third-order valence-electron chi connectivity index (χ3n) is 5.41. The zero-order valence-corrected chi connectivity index (χ0v) is 16.3. The molecule has 1 aromatic heterocycles. The number of carbonyl (C=O) groups is 1. The van der Waals surface area contributed by atoms with E-state index in [1.54, 1.807) is 0 Å². The molecular weight excluding hydrogens is 336 g/mol. The molecule has 0 spiro atoms. The fourth-order valence-electron chi connectivity index (χ4n) is 4.02. The van der Waals surface area contributed by atoms with Crippen LogP contribution in [-0.4, -0.2) is 35.6 Å². The number of carbonyl (C=O) groups excluding carboxylic acids is 1. The van der Waals surface area contributed by atoms with Crippen LogP contribution in [-0.2, 0) is 24.2 Å². The first-order chi connectivity index (χ1) is 13.1. The Labute approximate surface area is 160 Å². The van der Waals surface area contributed by atoms with Crippen LogP contribution in [0, 0.1) is 6.92 Å². The molecule has 0 radical (unpaired) electrons. The lowest BCUT2D eigenvalue weighted by Crippen LogP contribution is -2.27. The van der Waals surface area contributed by atoms with Crippen molar-refractivity contribution in [1.29, 1.82) is 0 Å². The van der Waals surface area contributed by atoms with E-state index in [9.17, 15) is 4.79 Å². The number of aryl methyl sites for hydroxylation is 1. The van der Waals surface area contributed by atoms with Crippen LogP contribution in [0.3, 0.4) is 0 Å². The van der Waals surface area contributed by atoms with Crippen molar-refractivity contribution >= 4 is 16.9 Å². The van der Waals surface area contributed by atoms with Gasteiger partial charge in [-0.3, -0.25) is 0 Å². The molecular formula is C23H26N2O2. The van der Waals surface area contributed by atoms with E-state index in [4.69, 9.17) is 4.74 Å². The first-order valence-corrected chi connectivity index (χ1v) is 9.62. The van der Waals surface area contributed by atoms with Crippen molar-refractivity contribution in [3.8, 4) is 0 Å². The average molecular weight is 362 g/mol. The normalized spacial score (nSPS) is 14.3. The van der Waals surface area contributed by atoms with Crippen molar-refractivity contribution in [2.45, 2.75) is 33.4 Å². The Morgan fingerprint density at radius 3 is 2.67 bits per heavy atom. The van der Waals surface area contributed by atoms with Gasteiger partial charge in [-0.05, 0) is 56.3 Å². The number of likely N-dealkylation sites (N-methyl/N-ethyl adjacent to an activating group) is 1. The number of nitrogens with zero attached hydrogens (tertiary/aromatic N) is 2. The quantitative estimate of drug-likeness (QED) is 0.654. The molecule has 2 aromatic carbocycles. The highest BCUT2D eigenvalue weighted by molar-refractivity contribution is 5.89. The van der Waals surface area contributed by atoms with Crippen LogP contribution in [0.1, 0.15) is 39.7 Å². The average Bonchev–Trinajstić information content (AvgIpc) is 2.95. The molecule has 140 valence electrons. The minimum Gasteiger partial charge on any atom is -0.462 e. The van der Waals surface area contributed by atoms with Crippen LogP contribution < -0.4 is 0 Å². The Morgan fingerprint density at radius 1 is 1.15 bits per heavy atom. The molecule has 1 aliphatic heterocycles. The van der Waals surface area contributed by atoms with E-state index in [2.05, 4.69) is 41.6 Å². The number of esters is 1. The highest BCUT2D eigenvalue weighted by Gasteiger charge is 2.22. The maximum absolute atomic E-state index is 11.9. The Bertz CT molecular complexity index is 986. The summed E-state index contributed by atoms with van der Waals surface area (Å²) in [5.41, 5.74) is 7.32. The van der Waals surface area contributed by atoms with Gasteiger partial charge in [0.25, 0.3) is 0 Å². The molecule has 0 saturated carbocycles. The lowest BCUT2D eigenvalue weighted by Gasteiger charge is -2.24. The van der Waals surface area contributed by atoms with Crippen LogP contribution >= 0.6 is 0 Å². The number of benzene rings is 2. The lowest BCUT2D eigenvalue weighted by atomic mass is 10.0. The highest BCUT2D eigenvalue weighted by Crippen LogP contribution is 2.32. The van der Waals surface area contributed by atoms with E-state index in [-0.39, 0.29) is 5.97 Å². The maximum Gasteiger partial charge on any atom is 0.338 e. The van der Waals surface area contributed by atoms with Gasteiger partial charge in [-0.1, -0.05) is 23.8 Å². The molecule has 4 heteroatoms. The van der Waals surface area contributed by atoms with Crippen LogP contribution in [0.2, 0.25) is 0 Å². The van der Waals surface area contributed by atoms with Crippen LogP contribution in [0.5, 0.6) is 0 Å². The molecule has 0 atom stereocenters. The largest absolute Gasteiger partial charge is 0.462 e. The summed E-state index contributed by atoms with van der Waals surface area (Å²) < 4.78 is 7.53. The van der Waals surface area contributed by atoms with Gasteiger partial charge in [0.1, 0.15) is 0 Å². The van der Waals surface area contributed by atoms with Gasteiger partial charge in [0, 0.05) is 42.7 Å². The minimum absolute atomic E-state index is 0.258. The van der Waals surface area contributed by atoms with E-state index in [1.165, 1.54) is 33.3 Å². The molecule has 0 unspecified atom stereocenters. The Hall–Kier alpha value is -2.59. The van der Waals surface area contributed by atoms with E-state index in [1.807, 2.05) is 31.2 Å². The molecule has 27 heavy (non-hydrogen) atoms. The Kier molecular flexibility index (Phi) is 4.75. The predicted molar refractivity (Wildman–Crippen MR) is 108 cm³/mol. The summed E-state index contributed by atoms with van der Waals surface area (Å²) in [7, 11) is 2.19. The monoisotopic (exact) mass is 362 g/mol. The number of ether oxygens (including phenoxy) is 1. The van der Waals surface area contributed by atoms with Crippen molar-refractivity contribution in [2.24, 2.45) is 0 Å². The summed E-state index contributed by atoms with van der Waals surface area (Å²) in [6, 6.07) is 14.6. The third-order valence-corrected chi connectivity index (χ3v) is 5.41. The van der Waals surface area contributed by atoms with Gasteiger partial charge in [-0.2, -0.15) is 0 Å². The molecule has 0 bridgehead atoms. The number of fused-ring (bicyclic) bond motifs is 3. The van der Waals surface area contributed by atoms with Crippen LogP contribution in [0.25, 0.3) is 10.9 Å².